The van der Waals surface area contributed by atoms with Gasteiger partial charge in [0, 0.05) is 16.1 Å². The second kappa shape index (κ2) is 8.68. The predicted molar refractivity (Wildman–Crippen MR) is 105 cm³/mol. The van der Waals surface area contributed by atoms with Crippen LogP contribution >= 0.6 is 11.6 Å². The fraction of sp³-hybridized carbons (Fsp3) is 0.250. The summed E-state index contributed by atoms with van der Waals surface area (Å²) in [5.74, 6) is -1.42. The van der Waals surface area contributed by atoms with E-state index in [4.69, 9.17) is 11.6 Å². The van der Waals surface area contributed by atoms with Crippen molar-refractivity contribution in [1.82, 2.24) is 16.2 Å². The van der Waals surface area contributed by atoms with Gasteiger partial charge in [-0.05, 0) is 41.3 Å². The molecule has 2 aromatic rings. The number of halogens is 1. The molecule has 0 fully saturated rings. The van der Waals surface area contributed by atoms with Crippen molar-refractivity contribution in [3.05, 3.63) is 70.2 Å². The second-order valence-corrected chi connectivity index (χ2v) is 7.46. The van der Waals surface area contributed by atoms with Crippen LogP contribution in [0.5, 0.6) is 0 Å². The first kappa shape index (κ1) is 20.5. The summed E-state index contributed by atoms with van der Waals surface area (Å²) in [6, 6.07) is 13.5. The van der Waals surface area contributed by atoms with Crippen LogP contribution in [0.15, 0.2) is 48.5 Å². The first-order valence-corrected chi connectivity index (χ1v) is 8.78. The smallest absolute Gasteiger partial charge is 0.269 e. The van der Waals surface area contributed by atoms with E-state index in [2.05, 4.69) is 36.9 Å². The molecule has 6 nitrogen and oxygen atoms in total. The van der Waals surface area contributed by atoms with E-state index in [0.29, 0.717) is 16.1 Å². The maximum atomic E-state index is 12.1. The summed E-state index contributed by atoms with van der Waals surface area (Å²) in [6.45, 7) is 5.97. The third-order valence-corrected chi connectivity index (χ3v) is 4.06. The van der Waals surface area contributed by atoms with Crippen molar-refractivity contribution >= 4 is 29.3 Å². The predicted octanol–water partition coefficient (Wildman–Crippen LogP) is 2.83. The lowest BCUT2D eigenvalue weighted by Crippen LogP contribution is -2.46. The largest absolute Gasteiger partial charge is 0.343 e. The fourth-order valence-corrected chi connectivity index (χ4v) is 2.45. The number of hydrogen-bond acceptors (Lipinski definition) is 3. The highest BCUT2D eigenvalue weighted by Crippen LogP contribution is 2.22. The molecule has 0 unspecified atom stereocenters. The van der Waals surface area contributed by atoms with Gasteiger partial charge in [-0.25, -0.2) is 0 Å². The number of amides is 3. The second-order valence-electron chi connectivity index (χ2n) is 7.02. The molecule has 0 saturated carbocycles. The van der Waals surface area contributed by atoms with Crippen LogP contribution in [0, 0.1) is 0 Å². The number of rotatable bonds is 4. The van der Waals surface area contributed by atoms with Gasteiger partial charge in [0.15, 0.2) is 0 Å². The van der Waals surface area contributed by atoms with Crippen LogP contribution in [-0.4, -0.2) is 24.3 Å². The minimum absolute atomic E-state index is 0.00951. The Morgan fingerprint density at radius 1 is 0.889 bits per heavy atom. The molecule has 0 heterocycles. The van der Waals surface area contributed by atoms with Crippen molar-refractivity contribution in [2.45, 2.75) is 26.2 Å². The molecule has 2 aromatic carbocycles. The van der Waals surface area contributed by atoms with Crippen molar-refractivity contribution in [3.63, 3.8) is 0 Å². The number of hydrazine groups is 1. The normalized spacial score (nSPS) is 10.8. The summed E-state index contributed by atoms with van der Waals surface area (Å²) in [4.78, 5) is 35.8. The zero-order chi connectivity index (χ0) is 20.0. The summed E-state index contributed by atoms with van der Waals surface area (Å²) in [5, 5.41) is 2.88. The van der Waals surface area contributed by atoms with E-state index in [0.717, 1.165) is 5.56 Å². The summed E-state index contributed by atoms with van der Waals surface area (Å²) in [6.07, 6.45) is 0. The van der Waals surface area contributed by atoms with Gasteiger partial charge >= 0.3 is 0 Å². The van der Waals surface area contributed by atoms with Gasteiger partial charge in [-0.3, -0.25) is 25.2 Å². The maximum absolute atomic E-state index is 12.1. The van der Waals surface area contributed by atoms with E-state index >= 15 is 0 Å². The highest BCUT2D eigenvalue weighted by atomic mass is 35.5. The first-order chi connectivity index (χ1) is 12.7. The SMILES string of the molecule is CC(C)(C)c1ccc(C(=O)NNC(=O)CNC(=O)c2cccc(Cl)c2)cc1. The summed E-state index contributed by atoms with van der Waals surface area (Å²) in [7, 11) is 0. The molecule has 2 rings (SSSR count). The molecule has 0 saturated heterocycles. The molecule has 0 atom stereocenters. The molecule has 0 aliphatic rings. The van der Waals surface area contributed by atoms with Gasteiger partial charge in [-0.15, -0.1) is 0 Å². The number of carbonyl (C=O) groups is 3. The van der Waals surface area contributed by atoms with Gasteiger partial charge < -0.3 is 5.32 Å². The number of benzene rings is 2. The van der Waals surface area contributed by atoms with Crippen LogP contribution < -0.4 is 16.2 Å². The standard InChI is InChI=1S/C20H22ClN3O3/c1-20(2,3)15-9-7-13(8-10-15)19(27)24-23-17(25)12-22-18(26)14-5-4-6-16(21)11-14/h4-11H,12H2,1-3H3,(H,22,26)(H,23,25)(H,24,27). The zero-order valence-electron chi connectivity index (χ0n) is 15.4. The summed E-state index contributed by atoms with van der Waals surface area (Å²) < 4.78 is 0. The molecule has 3 amide bonds. The highest BCUT2D eigenvalue weighted by molar-refractivity contribution is 6.31. The Labute approximate surface area is 163 Å². The number of hydrogen-bond donors (Lipinski definition) is 3. The van der Waals surface area contributed by atoms with E-state index in [-0.39, 0.29) is 12.0 Å². The maximum Gasteiger partial charge on any atom is 0.269 e. The minimum atomic E-state index is -0.551. The van der Waals surface area contributed by atoms with E-state index in [1.54, 1.807) is 30.3 Å². The Bertz CT molecular complexity index is 842. The lowest BCUT2D eigenvalue weighted by atomic mass is 9.87. The molecule has 0 bridgehead atoms. The van der Waals surface area contributed by atoms with Gasteiger partial charge in [-0.1, -0.05) is 50.6 Å². The van der Waals surface area contributed by atoms with Gasteiger partial charge in [-0.2, -0.15) is 0 Å². The van der Waals surface area contributed by atoms with E-state index in [1.165, 1.54) is 6.07 Å². The van der Waals surface area contributed by atoms with Gasteiger partial charge in [0.2, 0.25) is 0 Å². The third kappa shape index (κ3) is 6.11. The average Bonchev–Trinajstić information content (AvgIpc) is 2.63. The lowest BCUT2D eigenvalue weighted by molar-refractivity contribution is -0.120. The molecule has 0 aliphatic carbocycles. The molecule has 0 aromatic heterocycles. The molecular weight excluding hydrogens is 366 g/mol. The van der Waals surface area contributed by atoms with Crippen molar-refractivity contribution in [2.24, 2.45) is 0 Å². The van der Waals surface area contributed by atoms with E-state index < -0.39 is 17.7 Å². The first-order valence-electron chi connectivity index (χ1n) is 8.40. The summed E-state index contributed by atoms with van der Waals surface area (Å²) in [5.41, 5.74) is 6.45. The Morgan fingerprint density at radius 2 is 1.56 bits per heavy atom. The Balaban J connectivity index is 1.81. The molecule has 142 valence electrons. The molecule has 3 N–H and O–H groups in total. The van der Waals surface area contributed by atoms with Gasteiger partial charge in [0.1, 0.15) is 0 Å². The van der Waals surface area contributed by atoms with Crippen LogP contribution in [0.1, 0.15) is 47.1 Å². The van der Waals surface area contributed by atoms with E-state index in [1.807, 2.05) is 12.1 Å². The summed E-state index contributed by atoms with van der Waals surface area (Å²) >= 11 is 5.82. The van der Waals surface area contributed by atoms with Gasteiger partial charge in [0.05, 0.1) is 6.54 Å². The molecule has 0 spiro atoms. The molecular formula is C20H22ClN3O3. The minimum Gasteiger partial charge on any atom is -0.343 e. The van der Waals surface area contributed by atoms with Gasteiger partial charge in [0.25, 0.3) is 17.7 Å². The van der Waals surface area contributed by atoms with Crippen molar-refractivity contribution in [2.75, 3.05) is 6.54 Å². The topological polar surface area (TPSA) is 87.3 Å². The third-order valence-electron chi connectivity index (χ3n) is 3.82. The Hall–Kier alpha value is -2.86. The van der Waals surface area contributed by atoms with Crippen LogP contribution in [0.2, 0.25) is 5.02 Å². The van der Waals surface area contributed by atoms with Crippen LogP contribution in [0.3, 0.4) is 0 Å². The highest BCUT2D eigenvalue weighted by Gasteiger charge is 2.15. The fourth-order valence-electron chi connectivity index (χ4n) is 2.26. The number of carbonyl (C=O) groups excluding carboxylic acids is 3. The molecule has 27 heavy (non-hydrogen) atoms. The van der Waals surface area contributed by atoms with Crippen molar-refractivity contribution in [1.29, 1.82) is 0 Å². The molecule has 0 radical (unpaired) electrons. The molecule has 0 aliphatic heterocycles. The quantitative estimate of drug-likeness (QED) is 0.705. The molecule has 7 heteroatoms. The Morgan fingerprint density at radius 3 is 2.15 bits per heavy atom. The Kier molecular flexibility index (Phi) is 6.58. The van der Waals surface area contributed by atoms with Crippen LogP contribution in [-0.2, 0) is 10.2 Å². The zero-order valence-corrected chi connectivity index (χ0v) is 16.2. The monoisotopic (exact) mass is 387 g/mol. The van der Waals surface area contributed by atoms with Crippen LogP contribution in [0.25, 0.3) is 0 Å². The van der Waals surface area contributed by atoms with Crippen LogP contribution in [0.4, 0.5) is 0 Å². The van der Waals surface area contributed by atoms with Crippen molar-refractivity contribution in [3.8, 4) is 0 Å². The lowest BCUT2D eigenvalue weighted by Gasteiger charge is -2.19. The average molecular weight is 388 g/mol. The van der Waals surface area contributed by atoms with E-state index in [9.17, 15) is 14.4 Å². The number of nitrogens with one attached hydrogen (secondary N) is 3. The van der Waals surface area contributed by atoms with Crippen molar-refractivity contribution < 1.29 is 14.4 Å².